The molecule has 0 aromatic carbocycles. The Labute approximate surface area is 98.7 Å². The van der Waals surface area contributed by atoms with E-state index >= 15 is 0 Å². The van der Waals surface area contributed by atoms with Gasteiger partial charge >= 0.3 is 0 Å². The molecule has 0 aromatic heterocycles. The number of rotatable bonds is 4. The lowest BCUT2D eigenvalue weighted by Gasteiger charge is -2.24. The highest BCUT2D eigenvalue weighted by Crippen LogP contribution is 2.28. The van der Waals surface area contributed by atoms with Crippen LogP contribution in [0.25, 0.3) is 0 Å². The molecule has 1 aliphatic carbocycles. The molecule has 1 unspecified atom stereocenters. The third kappa shape index (κ3) is 3.58. The zero-order valence-electron chi connectivity index (χ0n) is 10.2. The maximum Gasteiger partial charge on any atom is 0.138 e. The van der Waals surface area contributed by atoms with Crippen LogP contribution in [0.1, 0.15) is 57.8 Å². The third-order valence-corrected chi connectivity index (χ3v) is 4.14. The summed E-state index contributed by atoms with van der Waals surface area (Å²) < 4.78 is 5.37. The first kappa shape index (κ1) is 12.1. The third-order valence-electron chi connectivity index (χ3n) is 4.14. The van der Waals surface area contributed by atoms with Crippen molar-refractivity contribution in [2.75, 3.05) is 13.2 Å². The summed E-state index contributed by atoms with van der Waals surface area (Å²) in [5.41, 5.74) is 0. The van der Waals surface area contributed by atoms with Crippen LogP contribution in [0.5, 0.6) is 0 Å². The van der Waals surface area contributed by atoms with Crippen LogP contribution < -0.4 is 0 Å². The van der Waals surface area contributed by atoms with E-state index in [2.05, 4.69) is 0 Å². The van der Waals surface area contributed by atoms with Crippen molar-refractivity contribution in [2.24, 2.45) is 11.8 Å². The lowest BCUT2D eigenvalue weighted by Crippen LogP contribution is -2.25. The van der Waals surface area contributed by atoms with E-state index < -0.39 is 0 Å². The number of carbonyl (C=O) groups is 1. The lowest BCUT2D eigenvalue weighted by molar-refractivity contribution is -0.127. The Kier molecular flexibility index (Phi) is 4.83. The van der Waals surface area contributed by atoms with Crippen LogP contribution in [0.15, 0.2) is 0 Å². The fourth-order valence-corrected chi connectivity index (χ4v) is 3.02. The van der Waals surface area contributed by atoms with Crippen molar-refractivity contribution in [1.82, 2.24) is 0 Å². The topological polar surface area (TPSA) is 26.3 Å². The minimum Gasteiger partial charge on any atom is -0.381 e. The summed E-state index contributed by atoms with van der Waals surface area (Å²) in [5, 5.41) is 0. The fourth-order valence-electron chi connectivity index (χ4n) is 3.02. The Morgan fingerprint density at radius 1 is 1.06 bits per heavy atom. The smallest absolute Gasteiger partial charge is 0.138 e. The number of hydrogen-bond donors (Lipinski definition) is 0. The first-order chi connectivity index (χ1) is 7.86. The molecule has 16 heavy (non-hydrogen) atoms. The quantitative estimate of drug-likeness (QED) is 0.732. The van der Waals surface area contributed by atoms with Crippen LogP contribution in [0.2, 0.25) is 0 Å². The Morgan fingerprint density at radius 3 is 2.56 bits per heavy atom. The molecule has 1 atom stereocenters. The van der Waals surface area contributed by atoms with E-state index in [4.69, 9.17) is 4.74 Å². The molecule has 2 nitrogen and oxygen atoms in total. The normalized spacial score (nSPS) is 27.9. The summed E-state index contributed by atoms with van der Waals surface area (Å²) in [7, 11) is 0. The van der Waals surface area contributed by atoms with E-state index in [-0.39, 0.29) is 5.92 Å². The molecule has 0 aromatic rings. The number of hydrogen-bond acceptors (Lipinski definition) is 2. The lowest BCUT2D eigenvalue weighted by atomic mass is 9.84. The molecule has 92 valence electrons. The van der Waals surface area contributed by atoms with Crippen LogP contribution in [0, 0.1) is 11.8 Å². The fraction of sp³-hybridized carbons (Fsp3) is 0.929. The molecular formula is C14H24O2. The highest BCUT2D eigenvalue weighted by molar-refractivity contribution is 5.81. The van der Waals surface area contributed by atoms with Gasteiger partial charge in [0.05, 0.1) is 6.61 Å². The molecule has 2 fully saturated rings. The molecule has 1 saturated carbocycles. The standard InChI is InChI=1S/C14H24O2/c15-14(13-7-4-10-16-11-13)9-8-12-5-2-1-3-6-12/h12-13H,1-11H2. The molecule has 0 spiro atoms. The summed E-state index contributed by atoms with van der Waals surface area (Å²) >= 11 is 0. The van der Waals surface area contributed by atoms with Crippen molar-refractivity contribution in [2.45, 2.75) is 57.8 Å². The van der Waals surface area contributed by atoms with E-state index in [9.17, 15) is 4.79 Å². The zero-order chi connectivity index (χ0) is 11.2. The van der Waals surface area contributed by atoms with Gasteiger partial charge in [-0.2, -0.15) is 0 Å². The van der Waals surface area contributed by atoms with Gasteiger partial charge in [0.25, 0.3) is 0 Å². The Balaban J connectivity index is 1.65. The first-order valence-electron chi connectivity index (χ1n) is 6.96. The van der Waals surface area contributed by atoms with E-state index in [0.29, 0.717) is 12.4 Å². The summed E-state index contributed by atoms with van der Waals surface area (Å²) in [4.78, 5) is 12.0. The summed E-state index contributed by atoms with van der Waals surface area (Å²) in [6.45, 7) is 1.54. The first-order valence-corrected chi connectivity index (χ1v) is 6.96. The molecule has 0 bridgehead atoms. The largest absolute Gasteiger partial charge is 0.381 e. The average Bonchev–Trinajstić information content (AvgIpc) is 2.38. The molecule has 0 radical (unpaired) electrons. The molecule has 0 N–H and O–H groups in total. The van der Waals surface area contributed by atoms with Crippen molar-refractivity contribution in [1.29, 1.82) is 0 Å². The predicted molar refractivity (Wildman–Crippen MR) is 64.4 cm³/mol. The van der Waals surface area contributed by atoms with Crippen molar-refractivity contribution in [3.63, 3.8) is 0 Å². The van der Waals surface area contributed by atoms with Gasteiger partial charge in [0, 0.05) is 18.9 Å². The Morgan fingerprint density at radius 2 is 1.88 bits per heavy atom. The van der Waals surface area contributed by atoms with E-state index in [1.807, 2.05) is 0 Å². The molecule has 2 heteroatoms. The van der Waals surface area contributed by atoms with Gasteiger partial charge in [-0.25, -0.2) is 0 Å². The molecule has 2 aliphatic rings. The Hall–Kier alpha value is -0.370. The highest BCUT2D eigenvalue weighted by atomic mass is 16.5. The molecule has 1 aliphatic heterocycles. The maximum absolute atomic E-state index is 12.0. The van der Waals surface area contributed by atoms with Crippen LogP contribution >= 0.6 is 0 Å². The summed E-state index contributed by atoms with van der Waals surface area (Å²) in [5.74, 6) is 1.52. The molecule has 1 saturated heterocycles. The van der Waals surface area contributed by atoms with Gasteiger partial charge in [-0.1, -0.05) is 32.1 Å². The van der Waals surface area contributed by atoms with Crippen LogP contribution in [0.4, 0.5) is 0 Å². The van der Waals surface area contributed by atoms with Crippen molar-refractivity contribution >= 4 is 5.78 Å². The van der Waals surface area contributed by atoms with Crippen LogP contribution in [-0.2, 0) is 9.53 Å². The summed E-state index contributed by atoms with van der Waals surface area (Å²) in [6, 6.07) is 0. The maximum atomic E-state index is 12.0. The second kappa shape index (κ2) is 6.39. The van der Waals surface area contributed by atoms with Crippen LogP contribution in [0.3, 0.4) is 0 Å². The number of ketones is 1. The molecule has 1 heterocycles. The Bertz CT molecular complexity index is 213. The van der Waals surface area contributed by atoms with Crippen molar-refractivity contribution < 1.29 is 9.53 Å². The van der Waals surface area contributed by atoms with Gasteiger partial charge < -0.3 is 4.74 Å². The van der Waals surface area contributed by atoms with Crippen molar-refractivity contribution in [3.05, 3.63) is 0 Å². The predicted octanol–water partition coefficient (Wildman–Crippen LogP) is 3.34. The molecule has 0 amide bonds. The van der Waals surface area contributed by atoms with E-state index in [0.717, 1.165) is 38.2 Å². The van der Waals surface area contributed by atoms with Crippen LogP contribution in [-0.4, -0.2) is 19.0 Å². The van der Waals surface area contributed by atoms with Gasteiger partial charge in [-0.15, -0.1) is 0 Å². The second-order valence-corrected chi connectivity index (χ2v) is 5.42. The monoisotopic (exact) mass is 224 g/mol. The number of ether oxygens (including phenoxy) is 1. The number of carbonyl (C=O) groups excluding carboxylic acids is 1. The van der Waals surface area contributed by atoms with Gasteiger partial charge in [0.15, 0.2) is 0 Å². The summed E-state index contributed by atoms with van der Waals surface area (Å²) in [6.07, 6.45) is 10.9. The van der Waals surface area contributed by atoms with Gasteiger partial charge in [0.1, 0.15) is 5.78 Å². The minimum atomic E-state index is 0.220. The highest BCUT2D eigenvalue weighted by Gasteiger charge is 2.22. The average molecular weight is 224 g/mol. The van der Waals surface area contributed by atoms with Gasteiger partial charge in [-0.05, 0) is 25.2 Å². The SMILES string of the molecule is O=C(CCC1CCCCC1)C1CCCOC1. The van der Waals surface area contributed by atoms with E-state index in [1.165, 1.54) is 32.1 Å². The van der Waals surface area contributed by atoms with Crippen molar-refractivity contribution in [3.8, 4) is 0 Å². The molecular weight excluding hydrogens is 200 g/mol. The minimum absolute atomic E-state index is 0.220. The zero-order valence-corrected chi connectivity index (χ0v) is 10.2. The second-order valence-electron chi connectivity index (χ2n) is 5.42. The van der Waals surface area contributed by atoms with E-state index in [1.54, 1.807) is 0 Å². The van der Waals surface area contributed by atoms with Gasteiger partial charge in [0.2, 0.25) is 0 Å². The van der Waals surface area contributed by atoms with Gasteiger partial charge in [-0.3, -0.25) is 4.79 Å². The molecule has 2 rings (SSSR count). The number of Topliss-reactive ketones (excluding diaryl/α,β-unsaturated/α-hetero) is 1.